The van der Waals surface area contributed by atoms with Crippen LogP contribution in [0.5, 0.6) is 11.5 Å². The van der Waals surface area contributed by atoms with E-state index in [9.17, 15) is 9.18 Å². The molecule has 29 heavy (non-hydrogen) atoms. The van der Waals surface area contributed by atoms with Gasteiger partial charge in [-0.3, -0.25) is 4.79 Å². The van der Waals surface area contributed by atoms with Gasteiger partial charge in [-0.05, 0) is 36.2 Å². The Morgan fingerprint density at radius 1 is 1.03 bits per heavy atom. The lowest BCUT2D eigenvalue weighted by Crippen LogP contribution is -2.15. The van der Waals surface area contributed by atoms with Gasteiger partial charge in [0, 0.05) is 18.7 Å². The van der Waals surface area contributed by atoms with Gasteiger partial charge in [-0.15, -0.1) is 0 Å². The fraction of sp³-hybridized carbons (Fsp3) is 0.190. The number of halogens is 1. The van der Waals surface area contributed by atoms with Crippen molar-refractivity contribution in [2.75, 3.05) is 31.4 Å². The van der Waals surface area contributed by atoms with Crippen molar-refractivity contribution in [3.05, 3.63) is 71.9 Å². The molecule has 0 bridgehead atoms. The summed E-state index contributed by atoms with van der Waals surface area (Å²) in [6.45, 7) is 0.577. The summed E-state index contributed by atoms with van der Waals surface area (Å²) in [5.74, 6) is 0.948. The summed E-state index contributed by atoms with van der Waals surface area (Å²) in [4.78, 5) is 20.8. The van der Waals surface area contributed by atoms with E-state index in [0.717, 1.165) is 5.56 Å². The van der Waals surface area contributed by atoms with Crippen LogP contribution in [0, 0.1) is 5.82 Å². The molecule has 1 amide bonds. The highest BCUT2D eigenvalue weighted by molar-refractivity contribution is 6.04. The molecule has 150 valence electrons. The van der Waals surface area contributed by atoms with E-state index in [1.54, 1.807) is 43.5 Å². The number of carbonyl (C=O) groups excluding carboxylic acids is 1. The van der Waals surface area contributed by atoms with Crippen LogP contribution in [-0.4, -0.2) is 36.6 Å². The molecule has 0 fully saturated rings. The fourth-order valence-electron chi connectivity index (χ4n) is 2.66. The number of carbonyl (C=O) groups is 1. The summed E-state index contributed by atoms with van der Waals surface area (Å²) < 4.78 is 23.4. The molecule has 0 saturated carbocycles. The van der Waals surface area contributed by atoms with Crippen molar-refractivity contribution >= 4 is 17.4 Å². The van der Waals surface area contributed by atoms with Crippen molar-refractivity contribution in [3.8, 4) is 11.5 Å². The molecule has 3 rings (SSSR count). The minimum absolute atomic E-state index is 0.203. The molecule has 0 aliphatic carbocycles. The van der Waals surface area contributed by atoms with Crippen LogP contribution in [0.3, 0.4) is 0 Å². The minimum Gasteiger partial charge on any atom is -0.497 e. The number of anilines is 2. The van der Waals surface area contributed by atoms with E-state index in [0.29, 0.717) is 36.0 Å². The first kappa shape index (κ1) is 20.1. The first-order valence-corrected chi connectivity index (χ1v) is 8.93. The smallest absolute Gasteiger partial charge is 0.274 e. The summed E-state index contributed by atoms with van der Waals surface area (Å²) in [5, 5.41) is 5.91. The van der Waals surface area contributed by atoms with Crippen molar-refractivity contribution in [1.29, 1.82) is 0 Å². The van der Waals surface area contributed by atoms with Crippen LogP contribution in [0.4, 0.5) is 15.9 Å². The van der Waals surface area contributed by atoms with Crippen molar-refractivity contribution in [3.63, 3.8) is 0 Å². The first-order chi connectivity index (χ1) is 14.1. The predicted octanol–water partition coefficient (Wildman–Crippen LogP) is 3.54. The average Bonchev–Trinajstić information content (AvgIpc) is 2.75. The Balaban J connectivity index is 1.64. The monoisotopic (exact) mass is 396 g/mol. The third-order valence-corrected chi connectivity index (χ3v) is 4.19. The topological polar surface area (TPSA) is 85.4 Å². The van der Waals surface area contributed by atoms with E-state index in [1.807, 2.05) is 0 Å². The second kappa shape index (κ2) is 9.50. The van der Waals surface area contributed by atoms with Gasteiger partial charge in [0.25, 0.3) is 5.91 Å². The van der Waals surface area contributed by atoms with Gasteiger partial charge in [0.1, 0.15) is 35.2 Å². The molecule has 0 aliphatic rings. The maximum Gasteiger partial charge on any atom is 0.274 e. The third kappa shape index (κ3) is 5.41. The van der Waals surface area contributed by atoms with Gasteiger partial charge in [0.05, 0.1) is 19.9 Å². The first-order valence-electron chi connectivity index (χ1n) is 8.93. The third-order valence-electron chi connectivity index (χ3n) is 4.19. The molecule has 0 aliphatic heterocycles. The minimum atomic E-state index is -0.402. The van der Waals surface area contributed by atoms with Gasteiger partial charge in [-0.1, -0.05) is 12.1 Å². The molecule has 0 unspecified atom stereocenters. The maximum atomic E-state index is 13.0. The highest BCUT2D eigenvalue weighted by Crippen LogP contribution is 2.29. The molecule has 2 aromatic carbocycles. The standard InChI is InChI=1S/C21H21FN4O3/c1-28-16-7-8-19(29-2)17(11-16)26-21(27)18-12-20(25-13-24-18)23-10-9-14-3-5-15(22)6-4-14/h3-8,11-13H,9-10H2,1-2H3,(H,26,27)(H,23,24,25). The fourth-order valence-corrected chi connectivity index (χ4v) is 2.66. The number of nitrogens with one attached hydrogen (secondary N) is 2. The Labute approximate surface area is 167 Å². The molecular formula is C21H21FN4O3. The van der Waals surface area contributed by atoms with Crippen molar-refractivity contribution in [2.45, 2.75) is 6.42 Å². The lowest BCUT2D eigenvalue weighted by Gasteiger charge is -2.12. The van der Waals surface area contributed by atoms with Gasteiger partial charge in [-0.25, -0.2) is 14.4 Å². The zero-order chi connectivity index (χ0) is 20.6. The van der Waals surface area contributed by atoms with Crippen LogP contribution in [0.2, 0.25) is 0 Å². The summed E-state index contributed by atoms with van der Waals surface area (Å²) in [7, 11) is 3.06. The van der Waals surface area contributed by atoms with Gasteiger partial charge >= 0.3 is 0 Å². The highest BCUT2D eigenvalue weighted by atomic mass is 19.1. The Morgan fingerprint density at radius 3 is 2.55 bits per heavy atom. The molecule has 2 N–H and O–H groups in total. The normalized spacial score (nSPS) is 10.3. The zero-order valence-corrected chi connectivity index (χ0v) is 16.1. The number of methoxy groups -OCH3 is 2. The van der Waals surface area contributed by atoms with Gasteiger partial charge < -0.3 is 20.1 Å². The lowest BCUT2D eigenvalue weighted by molar-refractivity contribution is 0.102. The Morgan fingerprint density at radius 2 is 1.83 bits per heavy atom. The summed E-state index contributed by atoms with van der Waals surface area (Å²) in [6.07, 6.45) is 2.00. The zero-order valence-electron chi connectivity index (χ0n) is 16.1. The lowest BCUT2D eigenvalue weighted by atomic mass is 10.1. The van der Waals surface area contributed by atoms with E-state index >= 15 is 0 Å². The van der Waals surface area contributed by atoms with Crippen LogP contribution in [0.1, 0.15) is 16.1 Å². The second-order valence-corrected chi connectivity index (χ2v) is 6.11. The van der Waals surface area contributed by atoms with E-state index in [1.165, 1.54) is 25.6 Å². The van der Waals surface area contributed by atoms with E-state index < -0.39 is 5.91 Å². The van der Waals surface area contributed by atoms with Gasteiger partial charge in [0.2, 0.25) is 0 Å². The van der Waals surface area contributed by atoms with Crippen LogP contribution < -0.4 is 20.1 Å². The largest absolute Gasteiger partial charge is 0.497 e. The SMILES string of the molecule is COc1ccc(OC)c(NC(=O)c2cc(NCCc3ccc(F)cc3)ncn2)c1. The van der Waals surface area contributed by atoms with E-state index in [2.05, 4.69) is 20.6 Å². The van der Waals surface area contributed by atoms with Crippen molar-refractivity contribution in [2.24, 2.45) is 0 Å². The molecule has 3 aromatic rings. The van der Waals surface area contributed by atoms with Crippen LogP contribution >= 0.6 is 0 Å². The van der Waals surface area contributed by atoms with Crippen molar-refractivity contribution < 1.29 is 18.7 Å². The Hall–Kier alpha value is -3.68. The molecule has 1 aromatic heterocycles. The number of ether oxygens (including phenoxy) is 2. The summed E-state index contributed by atoms with van der Waals surface area (Å²) >= 11 is 0. The molecule has 0 spiro atoms. The number of hydrogen-bond donors (Lipinski definition) is 2. The molecule has 8 heteroatoms. The second-order valence-electron chi connectivity index (χ2n) is 6.11. The number of aromatic nitrogens is 2. The predicted molar refractivity (Wildman–Crippen MR) is 108 cm³/mol. The summed E-state index contributed by atoms with van der Waals surface area (Å²) in [5.41, 5.74) is 1.67. The molecular weight excluding hydrogens is 375 g/mol. The van der Waals surface area contributed by atoms with Gasteiger partial charge in [-0.2, -0.15) is 0 Å². The quantitative estimate of drug-likeness (QED) is 0.606. The maximum absolute atomic E-state index is 13.0. The molecule has 7 nitrogen and oxygen atoms in total. The molecule has 1 heterocycles. The number of benzene rings is 2. The molecule has 0 atom stereocenters. The number of rotatable bonds is 8. The highest BCUT2D eigenvalue weighted by Gasteiger charge is 2.13. The van der Waals surface area contributed by atoms with E-state index in [4.69, 9.17) is 9.47 Å². The number of amides is 1. The number of nitrogens with zero attached hydrogens (tertiary/aromatic N) is 2. The Bertz CT molecular complexity index is 980. The Kier molecular flexibility index (Phi) is 6.57. The molecule has 0 saturated heterocycles. The molecule has 0 radical (unpaired) electrons. The number of hydrogen-bond acceptors (Lipinski definition) is 6. The average molecular weight is 396 g/mol. The summed E-state index contributed by atoms with van der Waals surface area (Å²) in [6, 6.07) is 13.0. The van der Waals surface area contributed by atoms with Gasteiger partial charge in [0.15, 0.2) is 0 Å². The van der Waals surface area contributed by atoms with Crippen LogP contribution in [0.15, 0.2) is 54.9 Å². The van der Waals surface area contributed by atoms with Crippen LogP contribution in [-0.2, 0) is 6.42 Å². The van der Waals surface area contributed by atoms with Crippen LogP contribution in [0.25, 0.3) is 0 Å². The van der Waals surface area contributed by atoms with E-state index in [-0.39, 0.29) is 11.5 Å². The van der Waals surface area contributed by atoms with Crippen molar-refractivity contribution in [1.82, 2.24) is 9.97 Å².